The molecule has 204 valence electrons. The number of hydrogen-bond donors (Lipinski definition) is 1. The molecule has 0 heterocycles. The van der Waals surface area contributed by atoms with E-state index in [2.05, 4.69) is 13.8 Å². The Balaban J connectivity index is 3.77. The van der Waals surface area contributed by atoms with Crippen molar-refractivity contribution in [3.63, 3.8) is 0 Å². The van der Waals surface area contributed by atoms with Crippen molar-refractivity contribution < 1.29 is 28.7 Å². The molecule has 35 heavy (non-hydrogen) atoms. The monoisotopic (exact) mass is 497 g/mol. The first-order chi connectivity index (χ1) is 16.9. The summed E-state index contributed by atoms with van der Waals surface area (Å²) in [5.74, 6) is -3.08. The Bertz CT molecular complexity index is 578. The molecule has 2 N–H and O–H groups in total. The molecule has 0 aromatic carbocycles. The van der Waals surface area contributed by atoms with E-state index in [1.54, 1.807) is 0 Å². The van der Waals surface area contributed by atoms with Crippen LogP contribution in [-0.2, 0) is 28.7 Å². The van der Waals surface area contributed by atoms with Crippen LogP contribution in [0.5, 0.6) is 0 Å². The van der Waals surface area contributed by atoms with Crippen molar-refractivity contribution in [1.82, 2.24) is 0 Å². The molecule has 0 saturated heterocycles. The van der Waals surface area contributed by atoms with Crippen LogP contribution in [0, 0.1) is 0 Å². The minimum Gasteiger partial charge on any atom is -0.393 e. The molecule has 0 aliphatic heterocycles. The highest BCUT2D eigenvalue weighted by molar-refractivity contribution is 5.92. The molecule has 7 nitrogen and oxygen atoms in total. The molecule has 0 fully saturated rings. The molecule has 0 radical (unpaired) electrons. The van der Waals surface area contributed by atoms with Crippen molar-refractivity contribution in [2.45, 2.75) is 155 Å². The molecule has 1 unspecified atom stereocenters. The molecular formula is C28H51NO6. The van der Waals surface area contributed by atoms with Crippen LogP contribution in [-0.4, -0.2) is 29.9 Å². The maximum absolute atomic E-state index is 11.9. The second-order valence-electron chi connectivity index (χ2n) is 9.61. The largest absolute Gasteiger partial charge is 0.393 e. The minimum absolute atomic E-state index is 0.149. The summed E-state index contributed by atoms with van der Waals surface area (Å²) in [6, 6.07) is -1.32. The van der Waals surface area contributed by atoms with E-state index in [4.69, 9.17) is 15.2 Å². The van der Waals surface area contributed by atoms with Crippen LogP contribution < -0.4 is 5.73 Å². The number of hydrogen-bond acceptors (Lipinski definition) is 7. The van der Waals surface area contributed by atoms with Crippen molar-refractivity contribution in [3.05, 3.63) is 0 Å². The normalized spacial score (nSPS) is 11.7. The molecule has 0 rings (SSSR count). The molecule has 0 spiro atoms. The Morgan fingerprint density at radius 1 is 0.514 bits per heavy atom. The van der Waals surface area contributed by atoms with Gasteiger partial charge < -0.3 is 15.2 Å². The Morgan fingerprint density at radius 3 is 1.26 bits per heavy atom. The molecule has 0 bridgehead atoms. The van der Waals surface area contributed by atoms with E-state index in [0.29, 0.717) is 12.8 Å². The van der Waals surface area contributed by atoms with Gasteiger partial charge in [-0.2, -0.15) is 0 Å². The van der Waals surface area contributed by atoms with Crippen molar-refractivity contribution in [3.8, 4) is 0 Å². The van der Waals surface area contributed by atoms with E-state index < -0.39 is 36.3 Å². The zero-order chi connectivity index (χ0) is 26.2. The number of esters is 4. The van der Waals surface area contributed by atoms with Crippen LogP contribution in [0.25, 0.3) is 0 Å². The first kappa shape index (κ1) is 33.2. The Morgan fingerprint density at radius 2 is 0.857 bits per heavy atom. The van der Waals surface area contributed by atoms with E-state index >= 15 is 0 Å². The average molecular weight is 498 g/mol. The zero-order valence-electron chi connectivity index (χ0n) is 22.5. The SMILES string of the molecule is CCCCCCCCCCCC(=O)OC(=O)CC(N)C(=O)OC(=O)CCCCCCCCCCC. The lowest BCUT2D eigenvalue weighted by Crippen LogP contribution is -2.36. The Hall–Kier alpha value is -1.76. The number of ether oxygens (including phenoxy) is 2. The molecule has 0 aliphatic rings. The van der Waals surface area contributed by atoms with Crippen LogP contribution in [0.1, 0.15) is 149 Å². The topological polar surface area (TPSA) is 113 Å². The van der Waals surface area contributed by atoms with Crippen LogP contribution in [0.4, 0.5) is 0 Å². The molecular weight excluding hydrogens is 446 g/mol. The van der Waals surface area contributed by atoms with Gasteiger partial charge in [-0.1, -0.05) is 117 Å². The summed E-state index contributed by atoms with van der Waals surface area (Å²) < 4.78 is 9.46. The van der Waals surface area contributed by atoms with Crippen LogP contribution in [0.3, 0.4) is 0 Å². The quantitative estimate of drug-likeness (QED) is 0.0950. The second kappa shape index (κ2) is 24.0. The fourth-order valence-corrected chi connectivity index (χ4v) is 3.88. The summed E-state index contributed by atoms with van der Waals surface area (Å²) in [6.07, 6.45) is 20.0. The fraction of sp³-hybridized carbons (Fsp3) is 0.857. The zero-order valence-corrected chi connectivity index (χ0v) is 22.5. The van der Waals surface area contributed by atoms with Crippen molar-refractivity contribution in [2.75, 3.05) is 0 Å². The van der Waals surface area contributed by atoms with Gasteiger partial charge in [-0.05, 0) is 12.8 Å². The van der Waals surface area contributed by atoms with Crippen molar-refractivity contribution >= 4 is 23.9 Å². The number of rotatable bonds is 23. The lowest BCUT2D eigenvalue weighted by Gasteiger charge is -2.10. The van der Waals surface area contributed by atoms with Gasteiger partial charge in [-0.15, -0.1) is 0 Å². The van der Waals surface area contributed by atoms with E-state index in [9.17, 15) is 19.2 Å². The van der Waals surface area contributed by atoms with Crippen LogP contribution in [0.2, 0.25) is 0 Å². The predicted octanol–water partition coefficient (Wildman–Crippen LogP) is 6.69. The van der Waals surface area contributed by atoms with Gasteiger partial charge in [0.15, 0.2) is 0 Å². The Labute approximate surface area is 213 Å². The summed E-state index contributed by atoms with van der Waals surface area (Å²) in [5.41, 5.74) is 5.65. The van der Waals surface area contributed by atoms with Crippen LogP contribution >= 0.6 is 0 Å². The van der Waals surface area contributed by atoms with Crippen molar-refractivity contribution in [1.29, 1.82) is 0 Å². The van der Waals surface area contributed by atoms with Gasteiger partial charge in [0.1, 0.15) is 6.04 Å². The summed E-state index contributed by atoms with van der Waals surface area (Å²) in [7, 11) is 0. The third kappa shape index (κ3) is 22.4. The molecule has 0 aromatic rings. The van der Waals surface area contributed by atoms with Gasteiger partial charge in [-0.25, -0.2) is 4.79 Å². The number of nitrogens with two attached hydrogens (primary N) is 1. The smallest absolute Gasteiger partial charge is 0.331 e. The molecule has 7 heteroatoms. The number of carbonyl (C=O) groups excluding carboxylic acids is 4. The molecule has 1 atom stereocenters. The van der Waals surface area contributed by atoms with Gasteiger partial charge >= 0.3 is 23.9 Å². The second-order valence-corrected chi connectivity index (χ2v) is 9.61. The standard InChI is InChI=1S/C28H51NO6/c1-3-5-7-9-11-13-15-17-19-21-25(30)34-27(32)23-24(29)28(33)35-26(31)22-20-18-16-14-12-10-8-6-4-2/h24H,3-23,29H2,1-2H3. The molecule has 0 saturated carbocycles. The molecule has 0 amide bonds. The summed E-state index contributed by atoms with van der Waals surface area (Å²) in [5, 5.41) is 0. The highest BCUT2D eigenvalue weighted by atomic mass is 16.6. The van der Waals surface area contributed by atoms with E-state index in [1.807, 2.05) is 0 Å². The fourth-order valence-electron chi connectivity index (χ4n) is 3.88. The Kier molecular flexibility index (Phi) is 22.8. The molecule has 0 aliphatic carbocycles. The third-order valence-corrected chi connectivity index (χ3v) is 6.10. The van der Waals surface area contributed by atoms with Crippen LogP contribution in [0.15, 0.2) is 0 Å². The van der Waals surface area contributed by atoms with Gasteiger partial charge in [0.05, 0.1) is 6.42 Å². The summed E-state index contributed by atoms with van der Waals surface area (Å²) in [4.78, 5) is 47.4. The third-order valence-electron chi connectivity index (χ3n) is 6.10. The first-order valence-electron chi connectivity index (χ1n) is 14.1. The number of unbranched alkanes of at least 4 members (excludes halogenated alkanes) is 16. The lowest BCUT2D eigenvalue weighted by atomic mass is 10.1. The van der Waals surface area contributed by atoms with E-state index in [-0.39, 0.29) is 12.8 Å². The number of carbonyl (C=O) groups is 4. The maximum atomic E-state index is 11.9. The highest BCUT2D eigenvalue weighted by Crippen LogP contribution is 2.12. The minimum atomic E-state index is -1.32. The van der Waals surface area contributed by atoms with Gasteiger partial charge in [0, 0.05) is 12.8 Å². The van der Waals surface area contributed by atoms with Gasteiger partial charge in [0.2, 0.25) is 0 Å². The summed E-state index contributed by atoms with van der Waals surface area (Å²) in [6.45, 7) is 4.40. The highest BCUT2D eigenvalue weighted by Gasteiger charge is 2.23. The average Bonchev–Trinajstić information content (AvgIpc) is 2.81. The van der Waals surface area contributed by atoms with Gasteiger partial charge in [0.25, 0.3) is 0 Å². The van der Waals surface area contributed by atoms with E-state index in [0.717, 1.165) is 38.5 Å². The van der Waals surface area contributed by atoms with Crippen molar-refractivity contribution in [2.24, 2.45) is 5.73 Å². The van der Waals surface area contributed by atoms with Gasteiger partial charge in [-0.3, -0.25) is 14.4 Å². The summed E-state index contributed by atoms with van der Waals surface area (Å²) >= 11 is 0. The predicted molar refractivity (Wildman–Crippen MR) is 138 cm³/mol. The molecule has 0 aromatic heterocycles. The first-order valence-corrected chi connectivity index (χ1v) is 14.1. The van der Waals surface area contributed by atoms with E-state index in [1.165, 1.54) is 64.2 Å². The lowest BCUT2D eigenvalue weighted by molar-refractivity contribution is -0.166. The maximum Gasteiger partial charge on any atom is 0.331 e.